The van der Waals surface area contributed by atoms with Crippen LogP contribution in [0.4, 0.5) is 0 Å². The molecule has 0 aromatic heterocycles. The Balaban J connectivity index is 2.08. The molecule has 2 N–H and O–H groups in total. The lowest BCUT2D eigenvalue weighted by Gasteiger charge is -2.37. The lowest BCUT2D eigenvalue weighted by atomic mass is 9.84. The zero-order valence-corrected chi connectivity index (χ0v) is 12.0. The fourth-order valence-electron chi connectivity index (χ4n) is 2.82. The number of halogens is 1. The Bertz CT molecular complexity index is 371. The van der Waals surface area contributed by atoms with Gasteiger partial charge in [-0.1, -0.05) is 30.2 Å². The first-order chi connectivity index (χ1) is 8.58. The molecule has 0 amide bonds. The molecule has 18 heavy (non-hydrogen) atoms. The van der Waals surface area contributed by atoms with Gasteiger partial charge < -0.3 is 5.73 Å². The molecule has 3 heteroatoms. The molecule has 1 aliphatic rings. The summed E-state index contributed by atoms with van der Waals surface area (Å²) in [4.78, 5) is 2.40. The fourth-order valence-corrected chi connectivity index (χ4v) is 2.94. The highest BCUT2D eigenvalue weighted by Gasteiger charge is 2.26. The van der Waals surface area contributed by atoms with Crippen LogP contribution in [-0.2, 0) is 0 Å². The van der Waals surface area contributed by atoms with Crippen molar-refractivity contribution in [1.82, 2.24) is 4.90 Å². The minimum atomic E-state index is 0.122. The summed E-state index contributed by atoms with van der Waals surface area (Å²) in [7, 11) is 2.18. The summed E-state index contributed by atoms with van der Waals surface area (Å²) in [6.45, 7) is 3.23. The van der Waals surface area contributed by atoms with E-state index in [1.54, 1.807) is 0 Å². The molecule has 2 unspecified atom stereocenters. The third kappa shape index (κ3) is 3.25. The van der Waals surface area contributed by atoms with Crippen molar-refractivity contribution in [3.8, 4) is 0 Å². The van der Waals surface area contributed by atoms with Crippen LogP contribution in [0.5, 0.6) is 0 Å². The zero-order chi connectivity index (χ0) is 13.1. The van der Waals surface area contributed by atoms with E-state index in [2.05, 4.69) is 31.0 Å². The number of hydrogen-bond acceptors (Lipinski definition) is 2. The molecular formula is C15H23ClN2. The molecule has 0 heterocycles. The number of rotatable bonds is 5. The molecule has 1 aliphatic carbocycles. The number of benzene rings is 1. The Morgan fingerprint density at radius 2 is 1.94 bits per heavy atom. The molecule has 2 rings (SSSR count). The quantitative estimate of drug-likeness (QED) is 0.884. The van der Waals surface area contributed by atoms with Gasteiger partial charge in [0.1, 0.15) is 0 Å². The standard InChI is InChI=1S/C15H23ClN2/c1-11(17)15(13-6-8-14(16)9-7-13)18(2)10-12-4-3-5-12/h6-9,11-12,15H,3-5,10,17H2,1-2H3. The molecule has 100 valence electrons. The van der Waals surface area contributed by atoms with Crippen LogP contribution in [0.25, 0.3) is 0 Å². The molecular weight excluding hydrogens is 244 g/mol. The summed E-state index contributed by atoms with van der Waals surface area (Å²) in [6, 6.07) is 8.48. The lowest BCUT2D eigenvalue weighted by Crippen LogP contribution is -2.40. The lowest BCUT2D eigenvalue weighted by molar-refractivity contribution is 0.149. The SMILES string of the molecule is CC(N)C(c1ccc(Cl)cc1)N(C)CC1CCC1. The van der Waals surface area contributed by atoms with E-state index in [-0.39, 0.29) is 12.1 Å². The third-order valence-corrected chi connectivity index (χ3v) is 4.21. The van der Waals surface area contributed by atoms with E-state index in [9.17, 15) is 0 Å². The Morgan fingerprint density at radius 3 is 2.39 bits per heavy atom. The molecule has 2 atom stereocenters. The van der Waals surface area contributed by atoms with Gasteiger partial charge in [0, 0.05) is 23.7 Å². The largest absolute Gasteiger partial charge is 0.326 e. The molecule has 1 aromatic rings. The van der Waals surface area contributed by atoms with Crippen molar-refractivity contribution in [3.63, 3.8) is 0 Å². The average molecular weight is 267 g/mol. The van der Waals surface area contributed by atoms with Gasteiger partial charge in [-0.05, 0) is 50.4 Å². The normalized spacial score (nSPS) is 19.6. The summed E-state index contributed by atoms with van der Waals surface area (Å²) in [5.74, 6) is 0.864. The summed E-state index contributed by atoms with van der Waals surface area (Å²) in [5, 5.41) is 0.781. The predicted octanol–water partition coefficient (Wildman–Crippen LogP) is 3.46. The van der Waals surface area contributed by atoms with Crippen LogP contribution in [0.3, 0.4) is 0 Å². The second kappa shape index (κ2) is 6.05. The van der Waals surface area contributed by atoms with Crippen LogP contribution >= 0.6 is 11.6 Å². The van der Waals surface area contributed by atoms with Crippen LogP contribution in [0.2, 0.25) is 5.02 Å². The highest BCUT2D eigenvalue weighted by atomic mass is 35.5. The van der Waals surface area contributed by atoms with Crippen molar-refractivity contribution in [2.75, 3.05) is 13.6 Å². The van der Waals surface area contributed by atoms with Gasteiger partial charge in [-0.2, -0.15) is 0 Å². The van der Waals surface area contributed by atoms with Gasteiger partial charge in [0.2, 0.25) is 0 Å². The molecule has 0 radical (unpaired) electrons. The Kier molecular flexibility index (Phi) is 4.66. The first kappa shape index (κ1) is 13.9. The van der Waals surface area contributed by atoms with Crippen LogP contribution in [0, 0.1) is 5.92 Å². The van der Waals surface area contributed by atoms with Gasteiger partial charge in [-0.15, -0.1) is 0 Å². The first-order valence-electron chi connectivity index (χ1n) is 6.79. The Labute approximate surface area is 115 Å². The number of hydrogen-bond donors (Lipinski definition) is 1. The Morgan fingerprint density at radius 1 is 1.33 bits per heavy atom. The molecule has 0 spiro atoms. The monoisotopic (exact) mass is 266 g/mol. The molecule has 0 bridgehead atoms. The van der Waals surface area contributed by atoms with Gasteiger partial charge in [-0.3, -0.25) is 4.90 Å². The molecule has 1 aromatic carbocycles. The maximum Gasteiger partial charge on any atom is 0.0493 e. The first-order valence-corrected chi connectivity index (χ1v) is 7.17. The van der Waals surface area contributed by atoms with E-state index in [0.29, 0.717) is 0 Å². The second-order valence-corrected chi connectivity index (χ2v) is 6.03. The van der Waals surface area contributed by atoms with E-state index in [1.807, 2.05) is 12.1 Å². The summed E-state index contributed by atoms with van der Waals surface area (Å²) in [5.41, 5.74) is 7.43. The van der Waals surface area contributed by atoms with Crippen LogP contribution in [-0.4, -0.2) is 24.5 Å². The molecule has 0 saturated heterocycles. The number of likely N-dealkylation sites (N-methyl/N-ethyl adjacent to an activating group) is 1. The summed E-state index contributed by atoms with van der Waals surface area (Å²) >= 11 is 5.95. The third-order valence-electron chi connectivity index (χ3n) is 3.96. The molecule has 1 saturated carbocycles. The molecule has 0 aliphatic heterocycles. The highest BCUT2D eigenvalue weighted by Crippen LogP contribution is 2.31. The Hall–Kier alpha value is -0.570. The van der Waals surface area contributed by atoms with E-state index in [4.69, 9.17) is 17.3 Å². The molecule has 1 fully saturated rings. The predicted molar refractivity (Wildman–Crippen MR) is 77.8 cm³/mol. The summed E-state index contributed by atoms with van der Waals surface area (Å²) < 4.78 is 0. The second-order valence-electron chi connectivity index (χ2n) is 5.59. The minimum Gasteiger partial charge on any atom is -0.326 e. The van der Waals surface area contributed by atoms with Crippen LogP contribution in [0.1, 0.15) is 37.8 Å². The van der Waals surface area contributed by atoms with Gasteiger partial charge in [0.15, 0.2) is 0 Å². The van der Waals surface area contributed by atoms with Crippen molar-refractivity contribution in [2.24, 2.45) is 11.7 Å². The van der Waals surface area contributed by atoms with Crippen molar-refractivity contribution in [1.29, 1.82) is 0 Å². The minimum absolute atomic E-state index is 0.122. The van der Waals surface area contributed by atoms with Crippen LogP contribution in [0.15, 0.2) is 24.3 Å². The number of nitrogens with zero attached hydrogens (tertiary/aromatic N) is 1. The van der Waals surface area contributed by atoms with Crippen LogP contribution < -0.4 is 5.73 Å². The summed E-state index contributed by atoms with van der Waals surface area (Å²) in [6.07, 6.45) is 4.13. The van der Waals surface area contributed by atoms with Gasteiger partial charge in [0.25, 0.3) is 0 Å². The smallest absolute Gasteiger partial charge is 0.0493 e. The average Bonchev–Trinajstić information content (AvgIpc) is 2.26. The van der Waals surface area contributed by atoms with Gasteiger partial charge >= 0.3 is 0 Å². The van der Waals surface area contributed by atoms with E-state index in [0.717, 1.165) is 17.5 Å². The van der Waals surface area contributed by atoms with Gasteiger partial charge in [0.05, 0.1) is 0 Å². The molecule has 2 nitrogen and oxygen atoms in total. The topological polar surface area (TPSA) is 29.3 Å². The van der Waals surface area contributed by atoms with Crippen molar-refractivity contribution < 1.29 is 0 Å². The van der Waals surface area contributed by atoms with E-state index >= 15 is 0 Å². The fraction of sp³-hybridized carbons (Fsp3) is 0.600. The van der Waals surface area contributed by atoms with Crippen molar-refractivity contribution in [3.05, 3.63) is 34.9 Å². The zero-order valence-electron chi connectivity index (χ0n) is 11.3. The maximum atomic E-state index is 6.17. The highest BCUT2D eigenvalue weighted by molar-refractivity contribution is 6.30. The van der Waals surface area contributed by atoms with Crippen molar-refractivity contribution >= 4 is 11.6 Å². The van der Waals surface area contributed by atoms with E-state index < -0.39 is 0 Å². The van der Waals surface area contributed by atoms with E-state index in [1.165, 1.54) is 24.8 Å². The number of nitrogens with two attached hydrogens (primary N) is 1. The maximum absolute atomic E-state index is 6.17. The van der Waals surface area contributed by atoms with Gasteiger partial charge in [-0.25, -0.2) is 0 Å². The van der Waals surface area contributed by atoms with Crippen molar-refractivity contribution in [2.45, 2.75) is 38.3 Å².